The number of rotatable bonds is 5. The van der Waals surface area contributed by atoms with E-state index in [2.05, 4.69) is 10.3 Å². The lowest BCUT2D eigenvalue weighted by molar-refractivity contribution is 0.0773. The fraction of sp³-hybridized carbons (Fsp3) is 0.235. The minimum Gasteiger partial charge on any atom is -0.339 e. The van der Waals surface area contributed by atoms with Crippen molar-refractivity contribution in [3.63, 3.8) is 0 Å². The number of amides is 2. The number of aromatic nitrogens is 1. The van der Waals surface area contributed by atoms with Crippen LogP contribution in [0.25, 0.3) is 0 Å². The Labute approximate surface area is 140 Å². The van der Waals surface area contributed by atoms with E-state index in [0.717, 1.165) is 0 Å². The third kappa shape index (κ3) is 4.29. The Bertz CT molecular complexity index is 697. The van der Waals surface area contributed by atoms with Gasteiger partial charge in [-0.3, -0.25) is 14.6 Å². The zero-order chi connectivity index (χ0) is 16.8. The van der Waals surface area contributed by atoms with Crippen LogP contribution in [0.4, 0.5) is 5.69 Å². The summed E-state index contributed by atoms with van der Waals surface area (Å²) in [6.45, 7) is 5.20. The highest BCUT2D eigenvalue weighted by Gasteiger charge is 2.13. The van der Waals surface area contributed by atoms with E-state index >= 15 is 0 Å². The van der Waals surface area contributed by atoms with Gasteiger partial charge in [0.25, 0.3) is 11.8 Å². The van der Waals surface area contributed by atoms with Gasteiger partial charge in [0.15, 0.2) is 0 Å². The molecule has 0 aliphatic heterocycles. The van der Waals surface area contributed by atoms with Crippen LogP contribution in [0.2, 0.25) is 5.02 Å². The minimum absolute atomic E-state index is 0.0237. The molecule has 2 rings (SSSR count). The highest BCUT2D eigenvalue weighted by molar-refractivity contribution is 6.30. The summed E-state index contributed by atoms with van der Waals surface area (Å²) in [5.41, 5.74) is 1.42. The summed E-state index contributed by atoms with van der Waals surface area (Å²) in [5.74, 6) is -0.375. The summed E-state index contributed by atoms with van der Waals surface area (Å²) in [5, 5.41) is 3.17. The topological polar surface area (TPSA) is 62.3 Å². The lowest BCUT2D eigenvalue weighted by atomic mass is 10.1. The summed E-state index contributed by atoms with van der Waals surface area (Å²) < 4.78 is 0. The normalized spacial score (nSPS) is 10.2. The second-order valence-electron chi connectivity index (χ2n) is 4.87. The van der Waals surface area contributed by atoms with Gasteiger partial charge in [0.05, 0.1) is 0 Å². The van der Waals surface area contributed by atoms with Gasteiger partial charge in [-0.2, -0.15) is 0 Å². The maximum atomic E-state index is 12.2. The number of carbonyl (C=O) groups excluding carboxylic acids is 2. The van der Waals surface area contributed by atoms with Crippen LogP contribution < -0.4 is 5.32 Å². The van der Waals surface area contributed by atoms with Crippen molar-refractivity contribution in [2.75, 3.05) is 18.4 Å². The zero-order valence-electron chi connectivity index (χ0n) is 13.0. The molecular weight excluding hydrogens is 314 g/mol. The predicted octanol–water partition coefficient (Wildman–Crippen LogP) is 3.47. The second kappa shape index (κ2) is 7.74. The van der Waals surface area contributed by atoms with Crippen molar-refractivity contribution in [2.45, 2.75) is 13.8 Å². The standard InChI is InChI=1S/C17H18ClN3O2/c1-3-21(4-2)17(23)12-5-7-14(8-6-12)20-16(22)15-11-13(18)9-10-19-15/h5-11H,3-4H2,1-2H3,(H,20,22). The van der Waals surface area contributed by atoms with Gasteiger partial charge in [0.2, 0.25) is 0 Å². The zero-order valence-corrected chi connectivity index (χ0v) is 13.8. The van der Waals surface area contributed by atoms with Crippen LogP contribution in [0.1, 0.15) is 34.7 Å². The van der Waals surface area contributed by atoms with Crippen LogP contribution in [0.15, 0.2) is 42.6 Å². The van der Waals surface area contributed by atoms with Gasteiger partial charge in [-0.05, 0) is 50.2 Å². The van der Waals surface area contributed by atoms with Gasteiger partial charge in [-0.25, -0.2) is 0 Å². The molecule has 5 nitrogen and oxygen atoms in total. The van der Waals surface area contributed by atoms with Crippen molar-refractivity contribution in [2.24, 2.45) is 0 Å². The quantitative estimate of drug-likeness (QED) is 0.912. The number of nitrogens with one attached hydrogen (secondary N) is 1. The molecule has 6 heteroatoms. The van der Waals surface area contributed by atoms with Gasteiger partial charge >= 0.3 is 0 Å². The first-order valence-electron chi connectivity index (χ1n) is 7.37. The fourth-order valence-electron chi connectivity index (χ4n) is 2.11. The smallest absolute Gasteiger partial charge is 0.274 e. The van der Waals surface area contributed by atoms with E-state index in [0.29, 0.717) is 29.4 Å². The van der Waals surface area contributed by atoms with Gasteiger partial charge < -0.3 is 10.2 Å². The van der Waals surface area contributed by atoms with Crippen LogP contribution in [0.3, 0.4) is 0 Å². The Morgan fingerprint density at radius 3 is 2.35 bits per heavy atom. The van der Waals surface area contributed by atoms with Crippen LogP contribution in [0, 0.1) is 0 Å². The molecule has 120 valence electrons. The summed E-state index contributed by atoms with van der Waals surface area (Å²) in [6, 6.07) is 9.88. The average molecular weight is 332 g/mol. The van der Waals surface area contributed by atoms with Crippen LogP contribution in [-0.4, -0.2) is 34.8 Å². The van der Waals surface area contributed by atoms with E-state index in [1.807, 2.05) is 13.8 Å². The largest absolute Gasteiger partial charge is 0.339 e. The molecule has 2 aromatic rings. The van der Waals surface area contributed by atoms with E-state index < -0.39 is 0 Å². The van der Waals surface area contributed by atoms with E-state index in [1.165, 1.54) is 12.3 Å². The number of halogens is 1. The van der Waals surface area contributed by atoms with Crippen molar-refractivity contribution in [1.82, 2.24) is 9.88 Å². The highest BCUT2D eigenvalue weighted by atomic mass is 35.5. The molecule has 0 aliphatic rings. The Morgan fingerprint density at radius 1 is 1.13 bits per heavy atom. The number of hydrogen-bond donors (Lipinski definition) is 1. The van der Waals surface area contributed by atoms with Crippen molar-refractivity contribution in [1.29, 1.82) is 0 Å². The Morgan fingerprint density at radius 2 is 1.78 bits per heavy atom. The van der Waals surface area contributed by atoms with Gasteiger partial charge in [0, 0.05) is 35.6 Å². The molecule has 0 bridgehead atoms. The number of nitrogens with zero attached hydrogens (tertiary/aromatic N) is 2. The predicted molar refractivity (Wildman–Crippen MR) is 90.9 cm³/mol. The van der Waals surface area contributed by atoms with E-state index in [4.69, 9.17) is 11.6 Å². The molecule has 0 aliphatic carbocycles. The molecular formula is C17H18ClN3O2. The van der Waals surface area contributed by atoms with E-state index in [9.17, 15) is 9.59 Å². The molecule has 0 radical (unpaired) electrons. The molecule has 1 N–H and O–H groups in total. The van der Waals surface area contributed by atoms with Crippen LogP contribution in [0.5, 0.6) is 0 Å². The highest BCUT2D eigenvalue weighted by Crippen LogP contribution is 2.14. The number of anilines is 1. The summed E-state index contributed by atoms with van der Waals surface area (Å²) in [6.07, 6.45) is 1.48. The fourth-order valence-corrected chi connectivity index (χ4v) is 2.27. The third-order valence-electron chi connectivity index (χ3n) is 3.39. The molecule has 23 heavy (non-hydrogen) atoms. The molecule has 0 spiro atoms. The lowest BCUT2D eigenvalue weighted by Crippen LogP contribution is -2.30. The van der Waals surface area contributed by atoms with Crippen molar-refractivity contribution in [3.05, 3.63) is 58.9 Å². The first kappa shape index (κ1) is 17.0. The summed E-state index contributed by atoms with van der Waals surface area (Å²) >= 11 is 5.84. The Kier molecular flexibility index (Phi) is 5.71. The van der Waals surface area contributed by atoms with Crippen LogP contribution >= 0.6 is 11.6 Å². The number of hydrogen-bond acceptors (Lipinski definition) is 3. The van der Waals surface area contributed by atoms with Crippen molar-refractivity contribution in [3.8, 4) is 0 Å². The molecule has 1 aromatic heterocycles. The van der Waals surface area contributed by atoms with Crippen molar-refractivity contribution < 1.29 is 9.59 Å². The van der Waals surface area contributed by atoms with Crippen LogP contribution in [-0.2, 0) is 0 Å². The Hall–Kier alpha value is -2.40. The third-order valence-corrected chi connectivity index (χ3v) is 3.63. The van der Waals surface area contributed by atoms with Crippen molar-refractivity contribution >= 4 is 29.1 Å². The molecule has 0 saturated heterocycles. The molecule has 1 heterocycles. The summed E-state index contributed by atoms with van der Waals surface area (Å²) in [4.78, 5) is 30.0. The van der Waals surface area contributed by atoms with E-state index in [-0.39, 0.29) is 17.5 Å². The molecule has 0 saturated carbocycles. The molecule has 0 atom stereocenters. The summed E-state index contributed by atoms with van der Waals surface area (Å²) in [7, 11) is 0. The monoisotopic (exact) mass is 331 g/mol. The first-order valence-corrected chi connectivity index (χ1v) is 7.75. The Balaban J connectivity index is 2.08. The lowest BCUT2D eigenvalue weighted by Gasteiger charge is -2.18. The number of carbonyl (C=O) groups is 2. The SMILES string of the molecule is CCN(CC)C(=O)c1ccc(NC(=O)c2cc(Cl)ccn2)cc1. The average Bonchev–Trinajstić information content (AvgIpc) is 2.56. The molecule has 0 fully saturated rings. The maximum absolute atomic E-state index is 12.2. The first-order chi connectivity index (χ1) is 11.0. The maximum Gasteiger partial charge on any atom is 0.274 e. The molecule has 0 unspecified atom stereocenters. The van der Waals surface area contributed by atoms with Gasteiger partial charge in [-0.1, -0.05) is 11.6 Å². The number of pyridine rings is 1. The minimum atomic E-state index is -0.352. The second-order valence-corrected chi connectivity index (χ2v) is 5.30. The molecule has 2 amide bonds. The van der Waals surface area contributed by atoms with Gasteiger partial charge in [-0.15, -0.1) is 0 Å². The molecule has 1 aromatic carbocycles. The van der Waals surface area contributed by atoms with Gasteiger partial charge in [0.1, 0.15) is 5.69 Å². The number of benzene rings is 1. The van der Waals surface area contributed by atoms with E-state index in [1.54, 1.807) is 35.2 Å².